The molecular weight excluding hydrogens is 346 g/mol. The number of phenolic OH excluding ortho intramolecular Hbond substituents is 1. The Labute approximate surface area is 159 Å². The zero-order valence-corrected chi connectivity index (χ0v) is 15.8. The summed E-state index contributed by atoms with van der Waals surface area (Å²) in [5.74, 6) is -0.378. The summed E-state index contributed by atoms with van der Waals surface area (Å²) in [6, 6.07) is 12.9. The van der Waals surface area contributed by atoms with Crippen molar-refractivity contribution < 1.29 is 24.9 Å². The molecule has 0 aromatic heterocycles. The number of phenols is 1. The van der Waals surface area contributed by atoms with Gasteiger partial charge in [-0.25, -0.2) is 4.79 Å². The minimum absolute atomic E-state index is 0.0137. The molecule has 0 bridgehead atoms. The molecule has 0 spiro atoms. The van der Waals surface area contributed by atoms with Crippen LogP contribution < -0.4 is 5.32 Å². The molecule has 0 saturated carbocycles. The van der Waals surface area contributed by atoms with Gasteiger partial charge in [0, 0.05) is 6.42 Å². The third-order valence-corrected chi connectivity index (χ3v) is 3.75. The van der Waals surface area contributed by atoms with Crippen molar-refractivity contribution in [3.8, 4) is 5.75 Å². The van der Waals surface area contributed by atoms with E-state index in [2.05, 4.69) is 5.32 Å². The van der Waals surface area contributed by atoms with Crippen molar-refractivity contribution in [3.05, 3.63) is 65.2 Å². The molecule has 1 atom stereocenters. The van der Waals surface area contributed by atoms with Crippen molar-refractivity contribution in [2.75, 3.05) is 0 Å². The molecule has 146 valence electrons. The highest BCUT2D eigenvalue weighted by atomic mass is 16.4. The average Bonchev–Trinajstić information content (AvgIpc) is 2.62. The number of aliphatic hydroxyl groups is 1. The fourth-order valence-corrected chi connectivity index (χ4v) is 2.27. The Morgan fingerprint density at radius 3 is 1.96 bits per heavy atom. The number of aromatic hydroxyl groups is 1. The molecule has 6 nitrogen and oxygen atoms in total. The van der Waals surface area contributed by atoms with E-state index in [1.165, 1.54) is 0 Å². The van der Waals surface area contributed by atoms with Crippen LogP contribution in [0.1, 0.15) is 54.7 Å². The highest BCUT2D eigenvalue weighted by Gasteiger charge is 2.11. The van der Waals surface area contributed by atoms with Crippen LogP contribution in [0.4, 0.5) is 0 Å². The van der Waals surface area contributed by atoms with E-state index in [9.17, 15) is 9.59 Å². The molecule has 27 heavy (non-hydrogen) atoms. The summed E-state index contributed by atoms with van der Waals surface area (Å²) in [6.07, 6.45) is 0.498. The molecule has 2 aromatic rings. The van der Waals surface area contributed by atoms with Crippen LogP contribution >= 0.6 is 0 Å². The van der Waals surface area contributed by atoms with Crippen LogP contribution in [0.2, 0.25) is 0 Å². The first-order valence-electron chi connectivity index (χ1n) is 8.74. The Morgan fingerprint density at radius 1 is 0.963 bits per heavy atom. The number of hydrogen-bond donors (Lipinski definition) is 4. The van der Waals surface area contributed by atoms with Crippen LogP contribution in [-0.2, 0) is 11.4 Å². The summed E-state index contributed by atoms with van der Waals surface area (Å²) in [7, 11) is 0. The Balaban J connectivity index is 0.000000337. The fourth-order valence-electron chi connectivity index (χ4n) is 2.27. The number of aliphatic hydroxyl groups excluding tert-OH is 1. The third kappa shape index (κ3) is 8.37. The Hall–Kier alpha value is -2.86. The van der Waals surface area contributed by atoms with Crippen LogP contribution in [0.5, 0.6) is 5.75 Å². The second-order valence-electron chi connectivity index (χ2n) is 6.64. The monoisotopic (exact) mass is 373 g/mol. The molecule has 0 saturated heterocycles. The maximum Gasteiger partial charge on any atom is 0.335 e. The molecule has 4 N–H and O–H groups in total. The minimum atomic E-state index is -0.946. The van der Waals surface area contributed by atoms with Gasteiger partial charge in [-0.2, -0.15) is 0 Å². The van der Waals surface area contributed by atoms with E-state index in [0.29, 0.717) is 12.3 Å². The number of carbonyl (C=O) groups excluding carboxylic acids is 1. The summed E-state index contributed by atoms with van der Waals surface area (Å²) >= 11 is 0. The number of rotatable bonds is 6. The molecule has 0 aliphatic rings. The highest BCUT2D eigenvalue weighted by Crippen LogP contribution is 2.14. The third-order valence-electron chi connectivity index (χ3n) is 3.75. The number of aromatic carboxylic acids is 1. The molecule has 0 aliphatic carbocycles. The zero-order chi connectivity index (χ0) is 20.4. The number of carbonyl (C=O) groups is 2. The predicted octanol–water partition coefficient (Wildman–Crippen LogP) is 3.49. The van der Waals surface area contributed by atoms with Gasteiger partial charge in [0.15, 0.2) is 0 Å². The zero-order valence-electron chi connectivity index (χ0n) is 15.8. The molecule has 0 radical (unpaired) electrons. The summed E-state index contributed by atoms with van der Waals surface area (Å²) in [5.41, 5.74) is 1.96. The van der Waals surface area contributed by atoms with Gasteiger partial charge in [-0.3, -0.25) is 4.79 Å². The molecule has 6 heteroatoms. The van der Waals surface area contributed by atoms with Gasteiger partial charge in [0.05, 0.1) is 18.2 Å². The smallest absolute Gasteiger partial charge is 0.335 e. The van der Waals surface area contributed by atoms with Gasteiger partial charge in [-0.15, -0.1) is 0 Å². The molecule has 0 aliphatic heterocycles. The van der Waals surface area contributed by atoms with E-state index < -0.39 is 5.97 Å². The highest BCUT2D eigenvalue weighted by molar-refractivity contribution is 5.87. The van der Waals surface area contributed by atoms with Crippen LogP contribution in [0, 0.1) is 5.92 Å². The lowest BCUT2D eigenvalue weighted by atomic mass is 10.1. The number of carboxylic acids is 1. The van der Waals surface area contributed by atoms with Gasteiger partial charge in [-0.05, 0) is 48.2 Å². The number of nitrogens with one attached hydrogen (secondary N) is 1. The van der Waals surface area contributed by atoms with Gasteiger partial charge in [0.2, 0.25) is 5.91 Å². The van der Waals surface area contributed by atoms with Crippen LogP contribution in [-0.4, -0.2) is 27.2 Å². The summed E-state index contributed by atoms with van der Waals surface area (Å²) < 4.78 is 0. The first-order chi connectivity index (χ1) is 12.7. The number of amides is 1. The topological polar surface area (TPSA) is 107 Å². The van der Waals surface area contributed by atoms with Gasteiger partial charge in [0.25, 0.3) is 0 Å². The Bertz CT molecular complexity index is 723. The van der Waals surface area contributed by atoms with E-state index >= 15 is 0 Å². The number of hydrogen-bond acceptors (Lipinski definition) is 4. The largest absolute Gasteiger partial charge is 0.508 e. The maximum absolute atomic E-state index is 11.6. The van der Waals surface area contributed by atoms with Gasteiger partial charge in [0.1, 0.15) is 5.75 Å². The maximum atomic E-state index is 11.6. The van der Waals surface area contributed by atoms with Gasteiger partial charge < -0.3 is 20.6 Å². The lowest BCUT2D eigenvalue weighted by Gasteiger charge is -2.15. The lowest BCUT2D eigenvalue weighted by Crippen LogP contribution is -2.27. The van der Waals surface area contributed by atoms with Crippen molar-refractivity contribution in [2.45, 2.75) is 39.8 Å². The average molecular weight is 373 g/mol. The van der Waals surface area contributed by atoms with Crippen molar-refractivity contribution in [2.24, 2.45) is 5.92 Å². The summed E-state index contributed by atoms with van der Waals surface area (Å²) in [6.45, 7) is 5.89. The second kappa shape index (κ2) is 11.0. The van der Waals surface area contributed by atoms with Gasteiger partial charge in [-0.1, -0.05) is 38.1 Å². The van der Waals surface area contributed by atoms with E-state index in [1.807, 2.05) is 20.8 Å². The van der Waals surface area contributed by atoms with E-state index in [4.69, 9.17) is 15.3 Å². The molecule has 1 amide bonds. The van der Waals surface area contributed by atoms with E-state index in [1.54, 1.807) is 48.5 Å². The Morgan fingerprint density at radius 2 is 1.52 bits per heavy atom. The molecule has 0 heterocycles. The summed E-state index contributed by atoms with van der Waals surface area (Å²) in [4.78, 5) is 22.3. The number of carboxylic acid groups (broad SMARTS) is 1. The SMILES string of the molecule is CC(C)CC(=O)NC(C)c1ccc(C(=O)O)cc1.OCc1ccc(O)cc1. The molecule has 0 fully saturated rings. The summed E-state index contributed by atoms with van der Waals surface area (Å²) in [5, 5.41) is 29.0. The van der Waals surface area contributed by atoms with Gasteiger partial charge >= 0.3 is 5.97 Å². The second-order valence-corrected chi connectivity index (χ2v) is 6.64. The normalized spacial score (nSPS) is 11.3. The van der Waals surface area contributed by atoms with Crippen molar-refractivity contribution >= 4 is 11.9 Å². The standard InChI is InChI=1S/C14H19NO3.C7H8O2/c1-9(2)8-13(16)15-10(3)11-4-6-12(7-5-11)14(17)18;8-5-6-1-3-7(9)4-2-6/h4-7,9-10H,8H2,1-3H3,(H,15,16)(H,17,18);1-4,8-9H,5H2. The molecule has 2 aromatic carbocycles. The number of benzene rings is 2. The molecule has 1 unspecified atom stereocenters. The lowest BCUT2D eigenvalue weighted by molar-refractivity contribution is -0.122. The fraction of sp³-hybridized carbons (Fsp3) is 0.333. The molecule has 2 rings (SSSR count). The van der Waals surface area contributed by atoms with Crippen molar-refractivity contribution in [1.82, 2.24) is 5.32 Å². The van der Waals surface area contributed by atoms with E-state index in [0.717, 1.165) is 11.1 Å². The van der Waals surface area contributed by atoms with Crippen molar-refractivity contribution in [3.63, 3.8) is 0 Å². The van der Waals surface area contributed by atoms with E-state index in [-0.39, 0.29) is 29.9 Å². The van der Waals surface area contributed by atoms with Crippen LogP contribution in [0.25, 0.3) is 0 Å². The first-order valence-corrected chi connectivity index (χ1v) is 8.74. The minimum Gasteiger partial charge on any atom is -0.508 e. The quantitative estimate of drug-likeness (QED) is 0.620. The first kappa shape index (κ1) is 22.2. The van der Waals surface area contributed by atoms with Crippen molar-refractivity contribution in [1.29, 1.82) is 0 Å². The predicted molar refractivity (Wildman–Crippen MR) is 103 cm³/mol. The van der Waals surface area contributed by atoms with Crippen LogP contribution in [0.15, 0.2) is 48.5 Å². The molecular formula is C21H27NO5. The van der Waals surface area contributed by atoms with Crippen LogP contribution in [0.3, 0.4) is 0 Å². The Kier molecular flexibility index (Phi) is 9.02.